The second-order valence-electron chi connectivity index (χ2n) is 5.16. The highest BCUT2D eigenvalue weighted by atomic mass is 16.3. The number of oxazole rings is 1. The van der Waals surface area contributed by atoms with Crippen molar-refractivity contribution in [3.8, 4) is 5.69 Å². The van der Waals surface area contributed by atoms with E-state index in [2.05, 4.69) is 28.2 Å². The third-order valence-corrected chi connectivity index (χ3v) is 3.21. The summed E-state index contributed by atoms with van der Waals surface area (Å²) in [5, 5.41) is 4.41. The maximum atomic E-state index is 5.22. The second-order valence-corrected chi connectivity index (χ2v) is 5.16. The van der Waals surface area contributed by atoms with Crippen LogP contribution in [0.2, 0.25) is 0 Å². The van der Waals surface area contributed by atoms with Crippen molar-refractivity contribution in [3.05, 3.63) is 66.1 Å². The molecule has 2 heterocycles. The van der Waals surface area contributed by atoms with Gasteiger partial charge < -0.3 is 4.42 Å². The maximum Gasteiger partial charge on any atom is 0.191 e. The quantitative estimate of drug-likeness (QED) is 0.722. The molecular formula is C16H18N4O. The average molecular weight is 282 g/mol. The van der Waals surface area contributed by atoms with Gasteiger partial charge >= 0.3 is 0 Å². The average Bonchev–Trinajstić information content (AvgIpc) is 3.09. The Morgan fingerprint density at radius 2 is 2.00 bits per heavy atom. The Kier molecular flexibility index (Phi) is 3.83. The van der Waals surface area contributed by atoms with E-state index >= 15 is 0 Å². The first-order chi connectivity index (χ1) is 10.2. The smallest absolute Gasteiger partial charge is 0.191 e. The maximum absolute atomic E-state index is 5.22. The van der Waals surface area contributed by atoms with Gasteiger partial charge in [0.1, 0.15) is 6.26 Å². The molecule has 0 unspecified atom stereocenters. The fourth-order valence-corrected chi connectivity index (χ4v) is 2.29. The minimum atomic E-state index is 0.704. The molecule has 0 spiro atoms. The van der Waals surface area contributed by atoms with Crippen LogP contribution >= 0.6 is 0 Å². The van der Waals surface area contributed by atoms with Crippen LogP contribution in [0.4, 0.5) is 0 Å². The molecule has 5 nitrogen and oxygen atoms in total. The monoisotopic (exact) mass is 282 g/mol. The number of rotatable bonds is 5. The summed E-state index contributed by atoms with van der Waals surface area (Å²) in [5.74, 6) is 0.704. The topological polar surface area (TPSA) is 47.1 Å². The second kappa shape index (κ2) is 5.93. The third kappa shape index (κ3) is 3.38. The van der Waals surface area contributed by atoms with Crippen molar-refractivity contribution in [2.45, 2.75) is 20.0 Å². The number of aryl methyl sites for hydroxylation is 1. The summed E-state index contributed by atoms with van der Waals surface area (Å²) in [6.45, 7) is 3.43. The zero-order chi connectivity index (χ0) is 14.7. The molecule has 0 saturated carbocycles. The van der Waals surface area contributed by atoms with Gasteiger partial charge in [-0.3, -0.25) is 4.90 Å². The molecule has 108 valence electrons. The van der Waals surface area contributed by atoms with Gasteiger partial charge in [-0.25, -0.2) is 9.67 Å². The molecule has 5 heteroatoms. The van der Waals surface area contributed by atoms with E-state index in [9.17, 15) is 0 Å². The molecule has 3 aromatic rings. The lowest BCUT2D eigenvalue weighted by atomic mass is 10.3. The summed E-state index contributed by atoms with van der Waals surface area (Å²) >= 11 is 0. The van der Waals surface area contributed by atoms with Crippen molar-refractivity contribution in [2.24, 2.45) is 0 Å². The molecule has 0 saturated heterocycles. The SMILES string of the molecule is Cc1nc(CN(C)Cc2cnn(-c3ccccc3)c2)co1. The molecule has 0 bridgehead atoms. The van der Waals surface area contributed by atoms with Crippen LogP contribution in [0.5, 0.6) is 0 Å². The normalized spacial score (nSPS) is 11.2. The van der Waals surface area contributed by atoms with E-state index in [1.165, 1.54) is 5.56 Å². The minimum absolute atomic E-state index is 0.704. The van der Waals surface area contributed by atoms with Crippen molar-refractivity contribution in [1.29, 1.82) is 0 Å². The molecule has 0 amide bonds. The van der Waals surface area contributed by atoms with Gasteiger partial charge in [-0.2, -0.15) is 5.10 Å². The molecule has 0 N–H and O–H groups in total. The summed E-state index contributed by atoms with van der Waals surface area (Å²) < 4.78 is 7.12. The highest BCUT2D eigenvalue weighted by Crippen LogP contribution is 2.11. The molecular weight excluding hydrogens is 264 g/mol. The first kappa shape index (κ1) is 13.6. The van der Waals surface area contributed by atoms with E-state index in [0.29, 0.717) is 5.89 Å². The van der Waals surface area contributed by atoms with Gasteiger partial charge in [0.25, 0.3) is 0 Å². The van der Waals surface area contributed by atoms with Gasteiger partial charge in [0.15, 0.2) is 5.89 Å². The Balaban J connectivity index is 1.64. The molecule has 21 heavy (non-hydrogen) atoms. The Morgan fingerprint density at radius 3 is 2.71 bits per heavy atom. The summed E-state index contributed by atoms with van der Waals surface area (Å²) in [6.07, 6.45) is 5.66. The van der Waals surface area contributed by atoms with Crippen LogP contribution in [0.1, 0.15) is 17.1 Å². The highest BCUT2D eigenvalue weighted by Gasteiger charge is 2.07. The molecule has 0 atom stereocenters. The predicted octanol–water partition coefficient (Wildman–Crippen LogP) is 2.80. The zero-order valence-corrected chi connectivity index (χ0v) is 12.2. The van der Waals surface area contributed by atoms with E-state index in [0.717, 1.165) is 24.5 Å². The summed E-state index contributed by atoms with van der Waals surface area (Å²) in [5.41, 5.74) is 3.19. The molecule has 2 aromatic heterocycles. The molecule has 3 rings (SSSR count). The van der Waals surface area contributed by atoms with Crippen LogP contribution in [0.15, 0.2) is 53.4 Å². The summed E-state index contributed by atoms with van der Waals surface area (Å²) in [6, 6.07) is 10.1. The van der Waals surface area contributed by atoms with Gasteiger partial charge in [-0.15, -0.1) is 0 Å². The van der Waals surface area contributed by atoms with E-state index < -0.39 is 0 Å². The van der Waals surface area contributed by atoms with E-state index in [4.69, 9.17) is 4.42 Å². The molecule has 0 aliphatic carbocycles. The molecule has 0 fully saturated rings. The van der Waals surface area contributed by atoms with Crippen LogP contribution < -0.4 is 0 Å². The zero-order valence-electron chi connectivity index (χ0n) is 12.2. The standard InChI is InChI=1S/C16H18N4O/c1-13-18-15(12-21-13)11-19(2)9-14-8-17-20(10-14)16-6-4-3-5-7-16/h3-8,10,12H,9,11H2,1-2H3. The summed E-state index contributed by atoms with van der Waals surface area (Å²) in [4.78, 5) is 6.50. The fourth-order valence-electron chi connectivity index (χ4n) is 2.29. The lowest BCUT2D eigenvalue weighted by molar-refractivity contribution is 0.314. The molecule has 0 aliphatic heterocycles. The van der Waals surface area contributed by atoms with E-state index in [1.807, 2.05) is 48.1 Å². The Morgan fingerprint density at radius 1 is 1.19 bits per heavy atom. The number of nitrogens with zero attached hydrogens (tertiary/aromatic N) is 4. The van der Waals surface area contributed by atoms with Crippen molar-refractivity contribution in [1.82, 2.24) is 19.7 Å². The Bertz CT molecular complexity index is 702. The van der Waals surface area contributed by atoms with Crippen LogP contribution in [0.3, 0.4) is 0 Å². The van der Waals surface area contributed by atoms with Gasteiger partial charge in [0.2, 0.25) is 0 Å². The van der Waals surface area contributed by atoms with Crippen molar-refractivity contribution >= 4 is 0 Å². The number of aromatic nitrogens is 3. The van der Waals surface area contributed by atoms with Crippen molar-refractivity contribution in [3.63, 3.8) is 0 Å². The predicted molar refractivity (Wildman–Crippen MR) is 80.0 cm³/mol. The lowest BCUT2D eigenvalue weighted by Crippen LogP contribution is -2.17. The highest BCUT2D eigenvalue weighted by molar-refractivity contribution is 5.30. The fraction of sp³-hybridized carbons (Fsp3) is 0.250. The minimum Gasteiger partial charge on any atom is -0.449 e. The van der Waals surface area contributed by atoms with Crippen LogP contribution in [0, 0.1) is 6.92 Å². The van der Waals surface area contributed by atoms with Crippen LogP contribution in [-0.4, -0.2) is 26.7 Å². The van der Waals surface area contributed by atoms with Crippen molar-refractivity contribution in [2.75, 3.05) is 7.05 Å². The van der Waals surface area contributed by atoms with Crippen LogP contribution in [0.25, 0.3) is 5.69 Å². The van der Waals surface area contributed by atoms with Gasteiger partial charge in [0, 0.05) is 31.8 Å². The molecule has 0 aliphatic rings. The Hall–Kier alpha value is -2.40. The largest absolute Gasteiger partial charge is 0.449 e. The van der Waals surface area contributed by atoms with Crippen LogP contribution in [-0.2, 0) is 13.1 Å². The van der Waals surface area contributed by atoms with E-state index in [1.54, 1.807) is 6.26 Å². The first-order valence-electron chi connectivity index (χ1n) is 6.89. The van der Waals surface area contributed by atoms with Crippen molar-refractivity contribution < 1.29 is 4.42 Å². The Labute approximate surface area is 123 Å². The number of hydrogen-bond acceptors (Lipinski definition) is 4. The number of hydrogen-bond donors (Lipinski definition) is 0. The van der Waals surface area contributed by atoms with Gasteiger partial charge in [0.05, 0.1) is 17.6 Å². The molecule has 1 aromatic carbocycles. The van der Waals surface area contributed by atoms with E-state index in [-0.39, 0.29) is 0 Å². The molecule has 0 radical (unpaired) electrons. The third-order valence-electron chi connectivity index (χ3n) is 3.21. The first-order valence-corrected chi connectivity index (χ1v) is 6.89. The number of para-hydroxylation sites is 1. The lowest BCUT2D eigenvalue weighted by Gasteiger charge is -2.13. The summed E-state index contributed by atoms with van der Waals surface area (Å²) in [7, 11) is 2.06. The number of benzene rings is 1. The van der Waals surface area contributed by atoms with Gasteiger partial charge in [-0.05, 0) is 19.2 Å². The van der Waals surface area contributed by atoms with Gasteiger partial charge in [-0.1, -0.05) is 18.2 Å².